The summed E-state index contributed by atoms with van der Waals surface area (Å²) in [6, 6.07) is 0. The number of phosphoric ester groups is 1. The fourth-order valence-corrected chi connectivity index (χ4v) is 7.69. The fraction of sp³-hybridized carbons (Fsp3) is 0.529. The lowest BCUT2D eigenvalue weighted by Crippen LogP contribution is -2.37. The van der Waals surface area contributed by atoms with E-state index in [4.69, 9.17) is 18.5 Å². The highest BCUT2D eigenvalue weighted by Gasteiger charge is 2.27. The molecule has 0 aliphatic carbocycles. The van der Waals surface area contributed by atoms with Gasteiger partial charge in [0, 0.05) is 12.8 Å². The first-order valence-electron chi connectivity index (χ1n) is 29.5. The summed E-state index contributed by atoms with van der Waals surface area (Å²) in [5, 5.41) is 0. The third-order valence-corrected chi connectivity index (χ3v) is 12.4. The number of likely N-dealkylation sites (N-methyl/N-ethyl adjacent to an activating group) is 1. The maximum absolute atomic E-state index is 12.8. The number of esters is 2. The number of carbonyl (C=O) groups is 2. The summed E-state index contributed by atoms with van der Waals surface area (Å²) in [5.41, 5.74) is 0. The van der Waals surface area contributed by atoms with Gasteiger partial charge in [-0.2, -0.15) is 0 Å². The van der Waals surface area contributed by atoms with Gasteiger partial charge in [0.05, 0.1) is 27.7 Å². The second-order valence-corrected chi connectivity index (χ2v) is 21.4. The molecule has 0 saturated heterocycles. The lowest BCUT2D eigenvalue weighted by atomic mass is 10.1. The van der Waals surface area contributed by atoms with E-state index in [0.29, 0.717) is 23.9 Å². The number of unbranched alkanes of at least 4 members (excludes halogenated alkanes) is 7. The summed E-state index contributed by atoms with van der Waals surface area (Å²) >= 11 is 0. The predicted octanol–water partition coefficient (Wildman–Crippen LogP) is 18.8. The van der Waals surface area contributed by atoms with Crippen molar-refractivity contribution in [1.29, 1.82) is 0 Å². The van der Waals surface area contributed by atoms with E-state index in [9.17, 15) is 19.0 Å². The van der Waals surface area contributed by atoms with Gasteiger partial charge in [0.2, 0.25) is 0 Å². The minimum absolute atomic E-state index is 0.0110. The first-order chi connectivity index (χ1) is 38.0. The van der Waals surface area contributed by atoms with E-state index in [-0.39, 0.29) is 26.1 Å². The van der Waals surface area contributed by atoms with Gasteiger partial charge >= 0.3 is 19.8 Å². The zero-order chi connectivity index (χ0) is 57.0. The molecule has 436 valence electrons. The Labute approximate surface area is 476 Å². The van der Waals surface area contributed by atoms with Gasteiger partial charge in [-0.1, -0.05) is 215 Å². The lowest BCUT2D eigenvalue weighted by Gasteiger charge is -2.24. The van der Waals surface area contributed by atoms with Crippen molar-refractivity contribution in [2.75, 3.05) is 47.5 Å². The fourth-order valence-electron chi connectivity index (χ4n) is 6.95. The van der Waals surface area contributed by atoms with Crippen LogP contribution in [0.3, 0.4) is 0 Å². The Morgan fingerprint density at radius 3 is 1.03 bits per heavy atom. The number of rotatable bonds is 51. The molecule has 78 heavy (non-hydrogen) atoms. The van der Waals surface area contributed by atoms with Crippen molar-refractivity contribution in [3.8, 4) is 0 Å². The van der Waals surface area contributed by atoms with Crippen molar-refractivity contribution in [1.82, 2.24) is 0 Å². The van der Waals surface area contributed by atoms with Crippen LogP contribution in [0.25, 0.3) is 0 Å². The Balaban J connectivity index is 4.21. The molecule has 0 fully saturated rings. The van der Waals surface area contributed by atoms with Crippen LogP contribution in [0.1, 0.15) is 181 Å². The molecule has 0 aromatic rings. The molecule has 0 aliphatic heterocycles. The van der Waals surface area contributed by atoms with Crippen LogP contribution >= 0.6 is 7.82 Å². The van der Waals surface area contributed by atoms with Crippen LogP contribution in [0.2, 0.25) is 0 Å². The van der Waals surface area contributed by atoms with Crippen LogP contribution in [0.15, 0.2) is 182 Å². The summed E-state index contributed by atoms with van der Waals surface area (Å²) in [4.78, 5) is 35.6. The number of hydrogen-bond donors (Lipinski definition) is 1. The lowest BCUT2D eigenvalue weighted by molar-refractivity contribution is -0.870. The van der Waals surface area contributed by atoms with E-state index in [1.54, 1.807) is 0 Å². The van der Waals surface area contributed by atoms with Crippen LogP contribution in [-0.4, -0.2) is 74.9 Å². The van der Waals surface area contributed by atoms with Crippen molar-refractivity contribution in [3.05, 3.63) is 182 Å². The van der Waals surface area contributed by atoms with E-state index >= 15 is 0 Å². The Bertz CT molecular complexity index is 1970. The third kappa shape index (κ3) is 60.3. The highest BCUT2D eigenvalue weighted by atomic mass is 31.2. The highest BCUT2D eigenvalue weighted by Crippen LogP contribution is 2.43. The van der Waals surface area contributed by atoms with Gasteiger partial charge in [-0.3, -0.25) is 18.6 Å². The Morgan fingerprint density at radius 2 is 0.692 bits per heavy atom. The maximum Gasteiger partial charge on any atom is 0.472 e. The van der Waals surface area contributed by atoms with Crippen LogP contribution < -0.4 is 0 Å². The molecule has 0 amide bonds. The number of ether oxygens (including phenoxy) is 2. The molecule has 2 unspecified atom stereocenters. The van der Waals surface area contributed by atoms with Gasteiger partial charge in [-0.15, -0.1) is 0 Å². The number of allylic oxidation sites excluding steroid dienone is 30. The second kappa shape index (κ2) is 56.8. The van der Waals surface area contributed by atoms with Crippen molar-refractivity contribution >= 4 is 19.8 Å². The monoisotopic (exact) mass is 1100 g/mol. The molecule has 0 aliphatic rings. The van der Waals surface area contributed by atoms with Crippen molar-refractivity contribution in [2.24, 2.45) is 0 Å². The Kier molecular flexibility index (Phi) is 53.3. The zero-order valence-electron chi connectivity index (χ0n) is 49.3. The second-order valence-electron chi connectivity index (χ2n) is 19.9. The van der Waals surface area contributed by atoms with Gasteiger partial charge in [0.1, 0.15) is 19.8 Å². The van der Waals surface area contributed by atoms with Gasteiger partial charge < -0.3 is 18.9 Å². The largest absolute Gasteiger partial charge is 0.472 e. The molecule has 0 radical (unpaired) electrons. The van der Waals surface area contributed by atoms with E-state index < -0.39 is 32.5 Å². The standard InChI is InChI=1S/C68H106NO8P/c1-6-8-10-12-14-16-18-20-21-22-23-24-25-26-27-28-29-30-31-32-33-34-35-36-37-38-39-40-41-42-43-44-45-46-47-49-51-53-55-57-59-61-68(71)77-66(65-76-78(72,73)75-63-62-69(3,4)5)64-74-67(70)60-58-56-54-52-50-48-19-17-15-13-11-9-7-2/h8-11,14-17,20-21,23-24,26-27,29-30,32-33,35-36,38-39,41-42,44-45,47-50,66H,6-7,12-13,18-19,22,25,28,31,34,37,40,43,46,51-65H2,1-5H3/p+1/b10-8-,11-9-,16-14-,17-15-,21-20-,24-23-,27-26-,30-29-,33-32-,36-35-,39-38-,42-41-,45-44-,49-47-,50-48-. The molecule has 0 aromatic heterocycles. The third-order valence-electron chi connectivity index (χ3n) is 11.4. The summed E-state index contributed by atoms with van der Waals surface area (Å²) in [5.74, 6) is -0.880. The van der Waals surface area contributed by atoms with E-state index in [1.807, 2.05) is 21.1 Å². The number of quaternary nitrogens is 1. The van der Waals surface area contributed by atoms with Gasteiger partial charge in [-0.05, 0) is 135 Å². The summed E-state index contributed by atoms with van der Waals surface area (Å²) in [6.45, 7) is 4.09. The van der Waals surface area contributed by atoms with E-state index in [2.05, 4.69) is 196 Å². The molecular formula is C68H107NO8P+. The normalized spacial score (nSPS) is 14.6. The molecular weight excluding hydrogens is 990 g/mol. The van der Waals surface area contributed by atoms with Crippen LogP contribution in [0.5, 0.6) is 0 Å². The number of carbonyl (C=O) groups excluding carboxylic acids is 2. The molecule has 0 heterocycles. The molecule has 0 saturated carbocycles. The smallest absolute Gasteiger partial charge is 0.462 e. The van der Waals surface area contributed by atoms with Crippen molar-refractivity contribution in [2.45, 2.75) is 187 Å². The topological polar surface area (TPSA) is 108 Å². The van der Waals surface area contributed by atoms with Gasteiger partial charge in [-0.25, -0.2) is 4.57 Å². The van der Waals surface area contributed by atoms with E-state index in [1.165, 1.54) is 0 Å². The molecule has 0 rings (SSSR count). The van der Waals surface area contributed by atoms with Crippen LogP contribution in [-0.2, 0) is 32.7 Å². The van der Waals surface area contributed by atoms with Crippen LogP contribution in [0.4, 0.5) is 0 Å². The first-order valence-corrected chi connectivity index (χ1v) is 31.0. The average Bonchev–Trinajstić information content (AvgIpc) is 3.40. The minimum atomic E-state index is -4.41. The molecule has 10 heteroatoms. The zero-order valence-corrected chi connectivity index (χ0v) is 50.2. The maximum atomic E-state index is 12.8. The minimum Gasteiger partial charge on any atom is -0.462 e. The molecule has 9 nitrogen and oxygen atoms in total. The Morgan fingerprint density at radius 1 is 0.397 bits per heavy atom. The highest BCUT2D eigenvalue weighted by molar-refractivity contribution is 7.47. The van der Waals surface area contributed by atoms with E-state index in [0.717, 1.165) is 141 Å². The molecule has 0 spiro atoms. The number of phosphoric acid groups is 1. The first kappa shape index (κ1) is 73.1. The van der Waals surface area contributed by atoms with Gasteiger partial charge in [0.15, 0.2) is 6.10 Å². The molecule has 0 bridgehead atoms. The number of hydrogen-bond acceptors (Lipinski definition) is 7. The molecule has 2 atom stereocenters. The molecule has 0 aromatic carbocycles. The van der Waals surface area contributed by atoms with Crippen LogP contribution in [0, 0.1) is 0 Å². The van der Waals surface area contributed by atoms with Gasteiger partial charge in [0.25, 0.3) is 0 Å². The molecule has 1 N–H and O–H groups in total. The quantitative estimate of drug-likeness (QED) is 0.0211. The summed E-state index contributed by atoms with van der Waals surface area (Å²) in [7, 11) is 1.41. The predicted molar refractivity (Wildman–Crippen MR) is 334 cm³/mol. The van der Waals surface area contributed by atoms with Crippen molar-refractivity contribution < 1.29 is 42.1 Å². The SMILES string of the molecule is CC/C=C\C/C=C\C/C=C\C/C=C\C/C=C\C/C=C\C/C=C\C/C=C\C/C=C\C/C=C\C/C=C\C/C=C\CCCCCCC(=O)OC(COC(=O)CCCCC/C=C\C/C=C\C/C=C\CC)COP(=O)(O)OCC[N+](C)(C)C. The summed E-state index contributed by atoms with van der Waals surface area (Å²) in [6.07, 6.45) is 88.4. The summed E-state index contributed by atoms with van der Waals surface area (Å²) < 4.78 is 34.4. The average molecular weight is 1100 g/mol. The van der Waals surface area contributed by atoms with Crippen molar-refractivity contribution in [3.63, 3.8) is 0 Å². The number of nitrogens with zero attached hydrogens (tertiary/aromatic N) is 1. The Hall–Kier alpha value is -4.89.